The Hall–Kier alpha value is -2.21. The van der Waals surface area contributed by atoms with Crippen LogP contribution in [0.1, 0.15) is 11.4 Å². The first-order valence-electron chi connectivity index (χ1n) is 5.64. The first-order chi connectivity index (χ1) is 8.72. The van der Waals surface area contributed by atoms with Crippen LogP contribution in [0.15, 0.2) is 36.7 Å². The lowest BCUT2D eigenvalue weighted by atomic mass is 10.1. The average molecular weight is 246 g/mol. The number of aryl methyl sites for hydroxylation is 2. The van der Waals surface area contributed by atoms with Gasteiger partial charge in [0.25, 0.3) is 5.69 Å². The molecule has 94 valence electrons. The largest absolute Gasteiger partial charge is 0.334 e. The Morgan fingerprint density at radius 1 is 1.39 bits per heavy atom. The molecule has 6 nitrogen and oxygen atoms in total. The molecular weight excluding hydrogens is 232 g/mol. The van der Waals surface area contributed by atoms with Crippen LogP contribution in [0.25, 0.3) is 0 Å². The van der Waals surface area contributed by atoms with Gasteiger partial charge in [0.2, 0.25) is 0 Å². The minimum Gasteiger partial charge on any atom is -0.334 e. The van der Waals surface area contributed by atoms with Crippen LogP contribution >= 0.6 is 0 Å². The number of para-hydroxylation sites is 1. The summed E-state index contributed by atoms with van der Waals surface area (Å²) in [5, 5.41) is 10.9. The summed E-state index contributed by atoms with van der Waals surface area (Å²) in [7, 11) is 0. The molecule has 0 fully saturated rings. The molecule has 0 aliphatic rings. The maximum Gasteiger partial charge on any atom is 0.272 e. The number of nitrogens with zero attached hydrogens (tertiary/aromatic N) is 3. The molecular formula is C12H14N4O2. The van der Waals surface area contributed by atoms with Crippen molar-refractivity contribution < 1.29 is 4.92 Å². The van der Waals surface area contributed by atoms with Crippen LogP contribution in [-0.2, 0) is 19.5 Å². The molecule has 0 radical (unpaired) electrons. The zero-order valence-electron chi connectivity index (χ0n) is 9.82. The molecule has 2 N–H and O–H groups in total. The fourth-order valence-electron chi connectivity index (χ4n) is 1.87. The molecule has 0 aliphatic heterocycles. The fraction of sp³-hybridized carbons (Fsp3) is 0.250. The molecule has 0 spiro atoms. The van der Waals surface area contributed by atoms with E-state index < -0.39 is 0 Å². The summed E-state index contributed by atoms with van der Waals surface area (Å²) in [6.45, 7) is 1.00. The van der Waals surface area contributed by atoms with E-state index in [4.69, 9.17) is 5.73 Å². The van der Waals surface area contributed by atoms with Crippen LogP contribution in [0.4, 0.5) is 5.69 Å². The van der Waals surface area contributed by atoms with Crippen molar-refractivity contribution >= 4 is 5.69 Å². The minimum atomic E-state index is -0.354. The highest BCUT2D eigenvalue weighted by Crippen LogP contribution is 2.18. The van der Waals surface area contributed by atoms with Gasteiger partial charge in [0.15, 0.2) is 0 Å². The topological polar surface area (TPSA) is 87.0 Å². The Balaban J connectivity index is 2.13. The van der Waals surface area contributed by atoms with Gasteiger partial charge in [-0.05, 0) is 6.42 Å². The van der Waals surface area contributed by atoms with E-state index in [9.17, 15) is 10.1 Å². The van der Waals surface area contributed by atoms with Gasteiger partial charge >= 0.3 is 0 Å². The highest BCUT2D eigenvalue weighted by molar-refractivity contribution is 5.39. The molecule has 0 saturated carbocycles. The molecule has 6 heteroatoms. The van der Waals surface area contributed by atoms with Crippen molar-refractivity contribution in [2.75, 3.05) is 0 Å². The molecule has 0 atom stereocenters. The number of benzene rings is 1. The number of hydrogen-bond donors (Lipinski definition) is 1. The van der Waals surface area contributed by atoms with Gasteiger partial charge in [-0.2, -0.15) is 0 Å². The van der Waals surface area contributed by atoms with Crippen LogP contribution in [-0.4, -0.2) is 14.5 Å². The highest BCUT2D eigenvalue weighted by atomic mass is 16.6. The molecule has 0 bridgehead atoms. The van der Waals surface area contributed by atoms with Gasteiger partial charge in [-0.1, -0.05) is 18.2 Å². The van der Waals surface area contributed by atoms with E-state index in [1.165, 1.54) is 6.07 Å². The first-order valence-corrected chi connectivity index (χ1v) is 5.64. The number of nitrogens with two attached hydrogens (primary N) is 1. The van der Waals surface area contributed by atoms with Gasteiger partial charge in [-0.3, -0.25) is 10.1 Å². The molecule has 1 aromatic carbocycles. The van der Waals surface area contributed by atoms with Gasteiger partial charge < -0.3 is 10.3 Å². The van der Waals surface area contributed by atoms with Crippen LogP contribution in [0.2, 0.25) is 0 Å². The lowest BCUT2D eigenvalue weighted by Gasteiger charge is -2.06. The van der Waals surface area contributed by atoms with E-state index in [0.717, 1.165) is 11.4 Å². The Kier molecular flexibility index (Phi) is 3.69. The van der Waals surface area contributed by atoms with Gasteiger partial charge in [-0.25, -0.2) is 4.98 Å². The molecule has 2 rings (SSSR count). The quantitative estimate of drug-likeness (QED) is 0.639. The normalized spacial score (nSPS) is 10.5. The zero-order chi connectivity index (χ0) is 13.0. The van der Waals surface area contributed by atoms with Crippen molar-refractivity contribution in [3.63, 3.8) is 0 Å². The van der Waals surface area contributed by atoms with Crippen molar-refractivity contribution in [1.29, 1.82) is 0 Å². The molecule has 1 heterocycles. The van der Waals surface area contributed by atoms with Crippen molar-refractivity contribution in [1.82, 2.24) is 9.55 Å². The van der Waals surface area contributed by atoms with E-state index in [0.29, 0.717) is 19.5 Å². The SMILES string of the molecule is NCc1nccn1CCc1ccccc1[N+](=O)[O-]. The second kappa shape index (κ2) is 5.42. The van der Waals surface area contributed by atoms with Gasteiger partial charge in [0, 0.05) is 30.6 Å². The van der Waals surface area contributed by atoms with E-state index in [-0.39, 0.29) is 10.6 Å². The smallest absolute Gasteiger partial charge is 0.272 e. The van der Waals surface area contributed by atoms with Crippen LogP contribution in [0, 0.1) is 10.1 Å². The second-order valence-electron chi connectivity index (χ2n) is 3.88. The van der Waals surface area contributed by atoms with Crippen LogP contribution < -0.4 is 5.73 Å². The summed E-state index contributed by atoms with van der Waals surface area (Å²) in [6.07, 6.45) is 4.10. The number of imidazole rings is 1. The molecule has 0 unspecified atom stereocenters. The molecule has 18 heavy (non-hydrogen) atoms. The number of nitro benzene ring substituents is 1. The number of nitro groups is 1. The standard InChI is InChI=1S/C12H14N4O2/c13-9-12-14-6-8-15(12)7-5-10-3-1-2-4-11(10)16(17)18/h1-4,6,8H,5,7,9,13H2. The van der Waals surface area contributed by atoms with Gasteiger partial charge in [-0.15, -0.1) is 0 Å². The predicted octanol–water partition coefficient (Wildman–Crippen LogP) is 1.49. The number of hydrogen-bond acceptors (Lipinski definition) is 4. The maximum absolute atomic E-state index is 10.9. The maximum atomic E-state index is 10.9. The lowest BCUT2D eigenvalue weighted by Crippen LogP contribution is -2.10. The summed E-state index contributed by atoms with van der Waals surface area (Å²) >= 11 is 0. The van der Waals surface area contributed by atoms with E-state index in [1.54, 1.807) is 24.4 Å². The Morgan fingerprint density at radius 3 is 2.89 bits per heavy atom. The summed E-state index contributed by atoms with van der Waals surface area (Å²) in [5.74, 6) is 0.786. The summed E-state index contributed by atoms with van der Waals surface area (Å²) in [5.41, 5.74) is 6.43. The minimum absolute atomic E-state index is 0.159. The number of aromatic nitrogens is 2. The Labute approximate surface area is 104 Å². The van der Waals surface area contributed by atoms with Gasteiger partial charge in [0.05, 0.1) is 11.5 Å². The molecule has 0 amide bonds. The second-order valence-corrected chi connectivity index (χ2v) is 3.88. The van der Waals surface area contributed by atoms with Crippen molar-refractivity contribution in [3.05, 3.63) is 58.2 Å². The average Bonchev–Trinajstić information content (AvgIpc) is 2.84. The fourth-order valence-corrected chi connectivity index (χ4v) is 1.87. The third-order valence-corrected chi connectivity index (χ3v) is 2.79. The summed E-state index contributed by atoms with van der Waals surface area (Å²) in [4.78, 5) is 14.6. The van der Waals surface area contributed by atoms with E-state index >= 15 is 0 Å². The van der Waals surface area contributed by atoms with E-state index in [2.05, 4.69) is 4.98 Å². The van der Waals surface area contributed by atoms with Crippen LogP contribution in [0.3, 0.4) is 0 Å². The van der Waals surface area contributed by atoms with Crippen molar-refractivity contribution in [2.24, 2.45) is 5.73 Å². The van der Waals surface area contributed by atoms with E-state index in [1.807, 2.05) is 10.8 Å². The summed E-state index contributed by atoms with van der Waals surface area (Å²) in [6, 6.07) is 6.77. The lowest BCUT2D eigenvalue weighted by molar-refractivity contribution is -0.385. The predicted molar refractivity (Wildman–Crippen MR) is 66.9 cm³/mol. The Bertz CT molecular complexity index is 551. The number of rotatable bonds is 5. The zero-order valence-corrected chi connectivity index (χ0v) is 9.82. The molecule has 0 saturated heterocycles. The molecule has 1 aromatic heterocycles. The van der Waals surface area contributed by atoms with Crippen molar-refractivity contribution in [3.8, 4) is 0 Å². The monoisotopic (exact) mass is 246 g/mol. The van der Waals surface area contributed by atoms with Gasteiger partial charge in [0.1, 0.15) is 5.82 Å². The third-order valence-electron chi connectivity index (χ3n) is 2.79. The third kappa shape index (κ3) is 2.54. The van der Waals surface area contributed by atoms with Crippen LogP contribution in [0.5, 0.6) is 0 Å². The molecule has 2 aromatic rings. The van der Waals surface area contributed by atoms with Crippen molar-refractivity contribution in [2.45, 2.75) is 19.5 Å². The first kappa shape index (κ1) is 12.3. The highest BCUT2D eigenvalue weighted by Gasteiger charge is 2.12. The Morgan fingerprint density at radius 2 is 2.17 bits per heavy atom. The summed E-state index contributed by atoms with van der Waals surface area (Å²) < 4.78 is 1.91. The molecule has 0 aliphatic carbocycles.